The van der Waals surface area contributed by atoms with E-state index < -0.39 is 0 Å². The van der Waals surface area contributed by atoms with Gasteiger partial charge in [0.2, 0.25) is 0 Å². The molecule has 30 heavy (non-hydrogen) atoms. The summed E-state index contributed by atoms with van der Waals surface area (Å²) in [6.45, 7) is 5.73. The van der Waals surface area contributed by atoms with Crippen molar-refractivity contribution in [3.63, 3.8) is 0 Å². The highest BCUT2D eigenvalue weighted by Crippen LogP contribution is 2.31. The van der Waals surface area contributed by atoms with Gasteiger partial charge in [0.1, 0.15) is 4.83 Å². The molecule has 0 spiro atoms. The Morgan fingerprint density at radius 3 is 2.90 bits per heavy atom. The molecule has 3 aromatic rings. The van der Waals surface area contributed by atoms with Crippen molar-refractivity contribution >= 4 is 45.0 Å². The average molecular weight is 446 g/mol. The van der Waals surface area contributed by atoms with E-state index in [4.69, 9.17) is 16.3 Å². The van der Waals surface area contributed by atoms with E-state index in [2.05, 4.69) is 5.10 Å². The average Bonchev–Trinajstić information content (AvgIpc) is 3.31. The molecule has 1 aromatic carbocycles. The lowest BCUT2D eigenvalue weighted by Gasteiger charge is -2.31. The smallest absolute Gasteiger partial charge is 0.310 e. The van der Waals surface area contributed by atoms with Gasteiger partial charge in [0.25, 0.3) is 5.91 Å². The number of ether oxygens (including phenoxy) is 1. The molecule has 0 bridgehead atoms. The number of amides is 1. The van der Waals surface area contributed by atoms with Crippen molar-refractivity contribution in [3.8, 4) is 0 Å². The van der Waals surface area contributed by atoms with Crippen LogP contribution in [0.1, 0.15) is 40.7 Å². The van der Waals surface area contributed by atoms with Gasteiger partial charge in [-0.25, -0.2) is 0 Å². The molecule has 4 rings (SSSR count). The molecule has 2 aromatic heterocycles. The Morgan fingerprint density at radius 1 is 1.33 bits per heavy atom. The van der Waals surface area contributed by atoms with E-state index in [1.165, 1.54) is 11.3 Å². The van der Waals surface area contributed by atoms with Crippen LogP contribution in [0.4, 0.5) is 0 Å². The zero-order chi connectivity index (χ0) is 21.3. The van der Waals surface area contributed by atoms with E-state index in [1.54, 1.807) is 11.8 Å². The first-order valence-electron chi connectivity index (χ1n) is 10.1. The van der Waals surface area contributed by atoms with Gasteiger partial charge in [-0.3, -0.25) is 14.3 Å². The third-order valence-corrected chi connectivity index (χ3v) is 6.93. The third-order valence-electron chi connectivity index (χ3n) is 5.42. The number of nitrogens with zero attached hydrogens (tertiary/aromatic N) is 3. The number of carbonyl (C=O) groups excluding carboxylic acids is 2. The Morgan fingerprint density at radius 2 is 2.13 bits per heavy atom. The fourth-order valence-electron chi connectivity index (χ4n) is 3.88. The second kappa shape index (κ2) is 8.78. The van der Waals surface area contributed by atoms with Crippen LogP contribution < -0.4 is 0 Å². The minimum atomic E-state index is -0.241. The normalized spacial score (nSPS) is 16.8. The molecule has 1 amide bonds. The number of halogens is 1. The van der Waals surface area contributed by atoms with Crippen molar-refractivity contribution in [2.24, 2.45) is 5.92 Å². The lowest BCUT2D eigenvalue weighted by Crippen LogP contribution is -2.42. The molecule has 0 aliphatic carbocycles. The summed E-state index contributed by atoms with van der Waals surface area (Å²) in [5.74, 6) is -0.485. The largest absolute Gasteiger partial charge is 0.466 e. The SMILES string of the molecule is CCOC(=O)C1CCCN(C(=O)c2cc3c(C)nn(Cc4ccccc4Cl)c3s2)C1. The number of likely N-dealkylation sites (tertiary alicyclic amines) is 1. The maximum absolute atomic E-state index is 13.2. The van der Waals surface area contributed by atoms with Gasteiger partial charge in [-0.15, -0.1) is 11.3 Å². The van der Waals surface area contributed by atoms with Crippen molar-refractivity contribution in [2.45, 2.75) is 33.2 Å². The van der Waals surface area contributed by atoms with E-state index in [1.807, 2.05) is 41.9 Å². The highest BCUT2D eigenvalue weighted by atomic mass is 35.5. The highest BCUT2D eigenvalue weighted by molar-refractivity contribution is 7.20. The van der Waals surface area contributed by atoms with E-state index in [0.29, 0.717) is 36.1 Å². The summed E-state index contributed by atoms with van der Waals surface area (Å²) in [7, 11) is 0. The van der Waals surface area contributed by atoms with Crippen LogP contribution >= 0.6 is 22.9 Å². The molecule has 0 radical (unpaired) electrons. The minimum Gasteiger partial charge on any atom is -0.466 e. The fraction of sp³-hybridized carbons (Fsp3) is 0.409. The first-order chi connectivity index (χ1) is 14.5. The van der Waals surface area contributed by atoms with Gasteiger partial charge in [-0.1, -0.05) is 29.8 Å². The molecule has 6 nitrogen and oxygen atoms in total. The summed E-state index contributed by atoms with van der Waals surface area (Å²) in [5, 5.41) is 6.32. The monoisotopic (exact) mass is 445 g/mol. The van der Waals surface area contributed by atoms with Gasteiger partial charge >= 0.3 is 5.97 Å². The molecule has 1 aliphatic rings. The van der Waals surface area contributed by atoms with Crippen molar-refractivity contribution in [3.05, 3.63) is 51.5 Å². The van der Waals surface area contributed by atoms with Crippen LogP contribution in [0.3, 0.4) is 0 Å². The van der Waals surface area contributed by atoms with Crippen molar-refractivity contribution in [1.82, 2.24) is 14.7 Å². The molecule has 1 unspecified atom stereocenters. The predicted octanol–water partition coefficient (Wildman–Crippen LogP) is 4.52. The number of benzene rings is 1. The summed E-state index contributed by atoms with van der Waals surface area (Å²) >= 11 is 7.76. The molecular formula is C22H24ClN3O3S. The van der Waals surface area contributed by atoms with Crippen LogP contribution in [-0.2, 0) is 16.1 Å². The summed E-state index contributed by atoms with van der Waals surface area (Å²) in [6, 6.07) is 9.62. The number of fused-ring (bicyclic) bond motifs is 1. The first-order valence-corrected chi connectivity index (χ1v) is 11.3. The Bertz CT molecular complexity index is 1090. The molecule has 158 valence electrons. The van der Waals surface area contributed by atoms with E-state index in [-0.39, 0.29) is 17.8 Å². The Labute approximate surface area is 184 Å². The molecule has 1 atom stereocenters. The second-order valence-electron chi connectivity index (χ2n) is 7.51. The van der Waals surface area contributed by atoms with Gasteiger partial charge in [-0.2, -0.15) is 5.10 Å². The van der Waals surface area contributed by atoms with Crippen molar-refractivity contribution in [2.75, 3.05) is 19.7 Å². The molecule has 0 N–H and O–H groups in total. The zero-order valence-electron chi connectivity index (χ0n) is 17.1. The number of hydrogen-bond donors (Lipinski definition) is 0. The number of carbonyl (C=O) groups is 2. The maximum atomic E-state index is 13.2. The maximum Gasteiger partial charge on any atom is 0.310 e. The Balaban J connectivity index is 1.57. The third kappa shape index (κ3) is 4.09. The summed E-state index contributed by atoms with van der Waals surface area (Å²) in [4.78, 5) is 28.7. The van der Waals surface area contributed by atoms with Gasteiger partial charge in [0.05, 0.1) is 29.6 Å². The molecule has 1 aliphatic heterocycles. The van der Waals surface area contributed by atoms with Crippen LogP contribution in [0, 0.1) is 12.8 Å². The van der Waals surface area contributed by atoms with Crippen LogP contribution in [0.2, 0.25) is 5.02 Å². The van der Waals surface area contributed by atoms with Gasteiger partial charge < -0.3 is 9.64 Å². The number of esters is 1. The van der Waals surface area contributed by atoms with E-state index in [9.17, 15) is 9.59 Å². The molecular weight excluding hydrogens is 422 g/mol. The summed E-state index contributed by atoms with van der Waals surface area (Å²) < 4.78 is 7.06. The molecule has 1 fully saturated rings. The lowest BCUT2D eigenvalue weighted by atomic mass is 9.98. The van der Waals surface area contributed by atoms with Crippen molar-refractivity contribution < 1.29 is 14.3 Å². The summed E-state index contributed by atoms with van der Waals surface area (Å²) in [5.41, 5.74) is 1.87. The zero-order valence-corrected chi connectivity index (χ0v) is 18.6. The van der Waals surface area contributed by atoms with Crippen LogP contribution in [-0.4, -0.2) is 46.3 Å². The van der Waals surface area contributed by atoms with Crippen LogP contribution in [0.25, 0.3) is 10.2 Å². The molecule has 3 heterocycles. The lowest BCUT2D eigenvalue weighted by molar-refractivity contribution is -0.149. The van der Waals surface area contributed by atoms with E-state index >= 15 is 0 Å². The quantitative estimate of drug-likeness (QED) is 0.541. The van der Waals surface area contributed by atoms with Gasteiger partial charge in [0, 0.05) is 23.5 Å². The minimum absolute atomic E-state index is 0.0334. The van der Waals surface area contributed by atoms with Gasteiger partial charge in [0.15, 0.2) is 0 Å². The Hall–Kier alpha value is -2.38. The highest BCUT2D eigenvalue weighted by Gasteiger charge is 2.31. The summed E-state index contributed by atoms with van der Waals surface area (Å²) in [6.07, 6.45) is 1.57. The number of thiophene rings is 1. The molecule has 0 saturated carbocycles. The number of hydrogen-bond acceptors (Lipinski definition) is 5. The molecule has 8 heteroatoms. The number of aromatic nitrogens is 2. The predicted molar refractivity (Wildman–Crippen MR) is 118 cm³/mol. The number of rotatable bonds is 5. The Kier molecular flexibility index (Phi) is 6.11. The fourth-order valence-corrected chi connectivity index (χ4v) is 5.21. The number of piperidine rings is 1. The van der Waals surface area contributed by atoms with Crippen molar-refractivity contribution in [1.29, 1.82) is 0 Å². The van der Waals surface area contributed by atoms with Gasteiger partial charge in [-0.05, 0) is 44.4 Å². The topological polar surface area (TPSA) is 64.4 Å². The second-order valence-corrected chi connectivity index (χ2v) is 8.94. The number of aryl methyl sites for hydroxylation is 1. The van der Waals surface area contributed by atoms with E-state index in [0.717, 1.165) is 34.3 Å². The standard InChI is InChI=1S/C22H24ClN3O3S/c1-3-29-22(28)16-8-6-10-25(12-16)20(27)19-11-17-14(2)24-26(21(17)30-19)13-15-7-4-5-9-18(15)23/h4-5,7,9,11,16H,3,6,8,10,12-13H2,1-2H3. The van der Waals surface area contributed by atoms with Crippen LogP contribution in [0.5, 0.6) is 0 Å². The molecule has 1 saturated heterocycles. The van der Waals surface area contributed by atoms with Crippen LogP contribution in [0.15, 0.2) is 30.3 Å². The first kappa shape index (κ1) is 20.9.